The Morgan fingerprint density at radius 2 is 1.78 bits per heavy atom. The van der Waals surface area contributed by atoms with Crippen LogP contribution in [0.3, 0.4) is 0 Å². The van der Waals surface area contributed by atoms with Crippen molar-refractivity contribution in [1.82, 2.24) is 20.4 Å². The van der Waals surface area contributed by atoms with Crippen LogP contribution in [0.4, 0.5) is 0 Å². The van der Waals surface area contributed by atoms with Crippen molar-refractivity contribution in [1.29, 1.82) is 0 Å². The molecule has 5 rings (SSSR count). The van der Waals surface area contributed by atoms with E-state index < -0.39 is 0 Å². The first-order valence-electron chi connectivity index (χ1n) is 14.5. The predicted octanol–water partition coefficient (Wildman–Crippen LogP) is 5.52. The normalized spacial score (nSPS) is 20.2. The number of piperidine rings is 1. The molecular weight excluding hydrogens is 559 g/mol. The van der Waals surface area contributed by atoms with Crippen LogP contribution in [0.1, 0.15) is 48.0 Å². The quantitative estimate of drug-likeness (QED) is 0.340. The van der Waals surface area contributed by atoms with Crippen LogP contribution in [0, 0.1) is 0 Å². The molecule has 2 heterocycles. The second kappa shape index (κ2) is 13.9. The summed E-state index contributed by atoms with van der Waals surface area (Å²) in [7, 11) is 1.59. The van der Waals surface area contributed by atoms with Crippen molar-refractivity contribution in [2.75, 3.05) is 39.8 Å². The first kappa shape index (κ1) is 29.6. The van der Waals surface area contributed by atoms with E-state index in [1.807, 2.05) is 47.4 Å². The van der Waals surface area contributed by atoms with Crippen LogP contribution in [-0.4, -0.2) is 73.5 Å². The zero-order valence-electron chi connectivity index (χ0n) is 23.5. The number of amides is 2. The Labute approximate surface area is 252 Å². The lowest BCUT2D eigenvalue weighted by Gasteiger charge is -2.30. The summed E-state index contributed by atoms with van der Waals surface area (Å²) in [6.45, 7) is 4.44. The smallest absolute Gasteiger partial charge is 0.255 e. The molecule has 2 fully saturated rings. The number of rotatable bonds is 9. The average Bonchev–Trinajstić information content (AvgIpc) is 3.12. The van der Waals surface area contributed by atoms with E-state index >= 15 is 0 Å². The number of carbonyl (C=O) groups excluding carboxylic acids is 2. The molecule has 41 heavy (non-hydrogen) atoms. The first-order valence-corrected chi connectivity index (χ1v) is 15.2. The van der Waals surface area contributed by atoms with Crippen LogP contribution < -0.4 is 15.4 Å². The minimum absolute atomic E-state index is 0.0614. The molecule has 0 bridgehead atoms. The second-order valence-electron chi connectivity index (χ2n) is 11.0. The highest BCUT2D eigenvalue weighted by Crippen LogP contribution is 2.29. The summed E-state index contributed by atoms with van der Waals surface area (Å²) < 4.78 is 5.65. The summed E-state index contributed by atoms with van der Waals surface area (Å²) in [5, 5.41) is 9.72. The maximum atomic E-state index is 13.8. The Kier molecular flexibility index (Phi) is 10.0. The monoisotopic (exact) mass is 596 g/mol. The Bertz CT molecular complexity index is 1360. The summed E-state index contributed by atoms with van der Waals surface area (Å²) in [6, 6.07) is 16.6. The number of ether oxygens (including phenoxy) is 1. The average molecular weight is 598 g/mol. The van der Waals surface area contributed by atoms with Crippen LogP contribution in [0.5, 0.6) is 5.75 Å². The van der Waals surface area contributed by atoms with Gasteiger partial charge in [-0.3, -0.25) is 9.59 Å². The minimum atomic E-state index is -0.341. The van der Waals surface area contributed by atoms with E-state index in [1.54, 1.807) is 19.2 Å². The van der Waals surface area contributed by atoms with Crippen molar-refractivity contribution >= 4 is 45.8 Å². The third-order valence-electron chi connectivity index (χ3n) is 8.11. The lowest BCUT2D eigenvalue weighted by molar-refractivity contribution is -0.133. The van der Waals surface area contributed by atoms with Crippen LogP contribution in [-0.2, 0) is 11.3 Å². The number of halogens is 2. The number of carbonyl (C=O) groups is 2. The number of methoxy groups -OCH3 is 1. The summed E-state index contributed by atoms with van der Waals surface area (Å²) in [5.41, 5.74) is 1.40. The molecule has 0 saturated carbocycles. The Morgan fingerprint density at radius 3 is 2.54 bits per heavy atom. The van der Waals surface area contributed by atoms with E-state index in [0.29, 0.717) is 53.8 Å². The van der Waals surface area contributed by atoms with Gasteiger partial charge in [-0.1, -0.05) is 60.0 Å². The highest BCUT2D eigenvalue weighted by molar-refractivity contribution is 6.34. The molecule has 0 spiro atoms. The van der Waals surface area contributed by atoms with Gasteiger partial charge in [0.05, 0.1) is 18.7 Å². The fourth-order valence-corrected chi connectivity index (χ4v) is 6.55. The molecule has 9 heteroatoms. The summed E-state index contributed by atoms with van der Waals surface area (Å²) >= 11 is 12.5. The van der Waals surface area contributed by atoms with Crippen molar-refractivity contribution in [2.24, 2.45) is 0 Å². The van der Waals surface area contributed by atoms with Gasteiger partial charge in [-0.2, -0.15) is 0 Å². The third kappa shape index (κ3) is 7.52. The van der Waals surface area contributed by atoms with Crippen molar-refractivity contribution in [3.8, 4) is 5.75 Å². The van der Waals surface area contributed by atoms with Crippen molar-refractivity contribution in [3.05, 3.63) is 75.8 Å². The summed E-state index contributed by atoms with van der Waals surface area (Å²) in [4.78, 5) is 31.4. The molecule has 2 atom stereocenters. The molecule has 7 nitrogen and oxygen atoms in total. The number of nitrogens with zero attached hydrogens (tertiary/aromatic N) is 2. The number of likely N-dealkylation sites (tertiary alicyclic amines) is 1. The SMILES string of the molecule is COc1c(C(=O)NC[C@@H]2CCN(Cc3cc(Cl)cc(Cl)c3)C(=O)C(CCN3CCCCC3)N2)ccc2ccccc12. The molecule has 0 radical (unpaired) electrons. The van der Waals surface area contributed by atoms with Crippen molar-refractivity contribution in [2.45, 2.75) is 50.7 Å². The fourth-order valence-electron chi connectivity index (χ4n) is 5.98. The molecule has 218 valence electrons. The molecule has 2 aliphatic heterocycles. The molecule has 2 N–H and O–H groups in total. The van der Waals surface area contributed by atoms with Gasteiger partial charge in [-0.15, -0.1) is 0 Å². The van der Waals surface area contributed by atoms with Gasteiger partial charge in [0.15, 0.2) is 0 Å². The predicted molar refractivity (Wildman–Crippen MR) is 165 cm³/mol. The maximum Gasteiger partial charge on any atom is 0.255 e. The molecule has 1 unspecified atom stereocenters. The van der Waals surface area contributed by atoms with Crippen molar-refractivity contribution < 1.29 is 14.3 Å². The lowest BCUT2D eigenvalue weighted by Crippen LogP contribution is -2.50. The standard InChI is InChI=1S/C32H38Cl2N4O3/c1-41-30-27-8-4-3-7-23(27)9-10-28(30)31(39)35-20-26-11-16-38(21-22-17-24(33)19-25(34)18-22)32(40)29(36-26)12-15-37-13-5-2-6-14-37/h3-4,7-10,17-19,26,29,36H,2,5-6,11-16,20-21H2,1H3,(H,35,39)/t26-,29?/m0/s1. The molecule has 3 aromatic rings. The second-order valence-corrected chi connectivity index (χ2v) is 11.9. The van der Waals surface area contributed by atoms with E-state index in [-0.39, 0.29) is 23.9 Å². The van der Waals surface area contributed by atoms with Crippen LogP contribution in [0.2, 0.25) is 10.0 Å². The molecule has 2 aliphatic rings. The number of nitrogens with one attached hydrogen (secondary N) is 2. The van der Waals surface area contributed by atoms with Gasteiger partial charge in [0.2, 0.25) is 5.91 Å². The van der Waals surface area contributed by atoms with Crippen LogP contribution in [0.15, 0.2) is 54.6 Å². The Morgan fingerprint density at radius 1 is 1.02 bits per heavy atom. The highest BCUT2D eigenvalue weighted by atomic mass is 35.5. The molecule has 0 aliphatic carbocycles. The van der Waals surface area contributed by atoms with Crippen LogP contribution >= 0.6 is 23.2 Å². The van der Waals surface area contributed by atoms with Gasteiger partial charge in [0, 0.05) is 47.7 Å². The lowest BCUT2D eigenvalue weighted by atomic mass is 10.0. The first-order chi connectivity index (χ1) is 19.9. The van der Waals surface area contributed by atoms with E-state index in [9.17, 15) is 9.59 Å². The van der Waals surface area contributed by atoms with Gasteiger partial charge in [0.1, 0.15) is 5.75 Å². The number of benzene rings is 3. The zero-order chi connectivity index (χ0) is 28.8. The fraction of sp³-hybridized carbons (Fsp3) is 0.438. The number of hydrogen-bond acceptors (Lipinski definition) is 5. The Hall–Kier alpha value is -2.84. The van der Waals surface area contributed by atoms with Gasteiger partial charge in [0.25, 0.3) is 5.91 Å². The number of fused-ring (bicyclic) bond motifs is 1. The van der Waals surface area contributed by atoms with Crippen molar-refractivity contribution in [3.63, 3.8) is 0 Å². The molecule has 2 saturated heterocycles. The minimum Gasteiger partial charge on any atom is -0.495 e. The van der Waals surface area contributed by atoms with Gasteiger partial charge in [-0.05, 0) is 74.0 Å². The zero-order valence-corrected chi connectivity index (χ0v) is 25.0. The topological polar surface area (TPSA) is 73.9 Å². The highest BCUT2D eigenvalue weighted by Gasteiger charge is 2.31. The molecule has 2 amide bonds. The van der Waals surface area contributed by atoms with Crippen LogP contribution in [0.25, 0.3) is 10.8 Å². The largest absolute Gasteiger partial charge is 0.495 e. The van der Waals surface area contributed by atoms with E-state index in [4.69, 9.17) is 27.9 Å². The van der Waals surface area contributed by atoms with E-state index in [0.717, 1.165) is 36.0 Å². The molecule has 0 aromatic heterocycles. The summed E-state index contributed by atoms with van der Waals surface area (Å²) in [6.07, 6.45) is 5.11. The molecular formula is C32H38Cl2N4O3. The molecule has 3 aromatic carbocycles. The van der Waals surface area contributed by atoms with Gasteiger partial charge >= 0.3 is 0 Å². The van der Waals surface area contributed by atoms with E-state index in [1.165, 1.54) is 19.3 Å². The Balaban J connectivity index is 1.29. The van der Waals surface area contributed by atoms with Gasteiger partial charge in [-0.25, -0.2) is 0 Å². The third-order valence-corrected chi connectivity index (χ3v) is 8.55. The number of hydrogen-bond donors (Lipinski definition) is 2. The summed E-state index contributed by atoms with van der Waals surface area (Å²) in [5.74, 6) is 0.443. The van der Waals surface area contributed by atoms with Gasteiger partial charge < -0.3 is 25.2 Å². The van der Waals surface area contributed by atoms with E-state index in [2.05, 4.69) is 15.5 Å². The maximum absolute atomic E-state index is 13.8.